The average Bonchev–Trinajstić information content (AvgIpc) is 2.71. The second-order valence-electron chi connectivity index (χ2n) is 3.80. The Morgan fingerprint density at radius 3 is 2.68 bits per heavy atom. The molecule has 0 aliphatic heterocycles. The predicted octanol–water partition coefficient (Wildman–Crippen LogP) is 2.55. The highest BCUT2D eigenvalue weighted by molar-refractivity contribution is 9.10. The van der Waals surface area contributed by atoms with Crippen molar-refractivity contribution in [1.82, 2.24) is 9.78 Å². The zero-order valence-corrected chi connectivity index (χ0v) is 11.3. The molecule has 0 bridgehead atoms. The van der Waals surface area contributed by atoms with Crippen molar-refractivity contribution in [3.8, 4) is 5.69 Å². The van der Waals surface area contributed by atoms with Crippen LogP contribution in [0.2, 0.25) is 0 Å². The monoisotopic (exact) mass is 325 g/mol. The SMILES string of the molecule is Cc1cn(-c2ccc([N+](=O)[O-])cc2Br)nc1C(=O)O. The molecule has 2 rings (SSSR count). The van der Waals surface area contributed by atoms with Crippen LogP contribution in [-0.2, 0) is 0 Å². The number of halogens is 1. The first-order chi connectivity index (χ1) is 8.90. The Kier molecular flexibility index (Phi) is 3.34. The minimum absolute atomic E-state index is 0.0507. The maximum absolute atomic E-state index is 10.9. The summed E-state index contributed by atoms with van der Waals surface area (Å²) in [5, 5.41) is 23.5. The zero-order valence-electron chi connectivity index (χ0n) is 9.70. The molecule has 0 aliphatic carbocycles. The van der Waals surface area contributed by atoms with Crippen LogP contribution < -0.4 is 0 Å². The van der Waals surface area contributed by atoms with Gasteiger partial charge in [-0.05, 0) is 28.9 Å². The molecule has 0 saturated heterocycles. The van der Waals surface area contributed by atoms with E-state index in [0.29, 0.717) is 15.7 Å². The van der Waals surface area contributed by atoms with E-state index in [2.05, 4.69) is 21.0 Å². The van der Waals surface area contributed by atoms with E-state index in [1.807, 2.05) is 0 Å². The van der Waals surface area contributed by atoms with Crippen LogP contribution in [0.3, 0.4) is 0 Å². The van der Waals surface area contributed by atoms with Gasteiger partial charge in [0.1, 0.15) is 0 Å². The fourth-order valence-electron chi connectivity index (χ4n) is 1.59. The van der Waals surface area contributed by atoms with Gasteiger partial charge in [0, 0.05) is 23.9 Å². The maximum Gasteiger partial charge on any atom is 0.356 e. The highest BCUT2D eigenvalue weighted by atomic mass is 79.9. The number of hydrogen-bond donors (Lipinski definition) is 1. The number of hydrogen-bond acceptors (Lipinski definition) is 4. The summed E-state index contributed by atoms with van der Waals surface area (Å²) in [6.45, 7) is 1.63. The van der Waals surface area contributed by atoms with Crippen molar-refractivity contribution < 1.29 is 14.8 Å². The number of nitro benzene ring substituents is 1. The Hall–Kier alpha value is -2.22. The predicted molar refractivity (Wildman–Crippen MR) is 69.6 cm³/mol. The number of aromatic carboxylic acids is 1. The Balaban J connectivity index is 2.50. The molecule has 0 fully saturated rings. The van der Waals surface area contributed by atoms with E-state index in [-0.39, 0.29) is 11.4 Å². The van der Waals surface area contributed by atoms with Crippen molar-refractivity contribution in [3.63, 3.8) is 0 Å². The second-order valence-corrected chi connectivity index (χ2v) is 4.66. The van der Waals surface area contributed by atoms with Crippen molar-refractivity contribution in [1.29, 1.82) is 0 Å². The van der Waals surface area contributed by atoms with Crippen LogP contribution >= 0.6 is 15.9 Å². The van der Waals surface area contributed by atoms with Crippen molar-refractivity contribution in [2.45, 2.75) is 6.92 Å². The van der Waals surface area contributed by atoms with Gasteiger partial charge in [-0.3, -0.25) is 10.1 Å². The Morgan fingerprint density at radius 1 is 1.53 bits per heavy atom. The zero-order chi connectivity index (χ0) is 14.2. The van der Waals surface area contributed by atoms with Crippen LogP contribution in [-0.4, -0.2) is 25.8 Å². The van der Waals surface area contributed by atoms with E-state index in [9.17, 15) is 14.9 Å². The van der Waals surface area contributed by atoms with Gasteiger partial charge < -0.3 is 5.11 Å². The summed E-state index contributed by atoms with van der Waals surface area (Å²) in [7, 11) is 0. The molecule has 1 N–H and O–H groups in total. The van der Waals surface area contributed by atoms with Crippen LogP contribution in [0.5, 0.6) is 0 Å². The lowest BCUT2D eigenvalue weighted by Gasteiger charge is -2.03. The third-order valence-corrected chi connectivity index (χ3v) is 3.12. The Bertz CT molecular complexity index is 681. The fourth-order valence-corrected chi connectivity index (χ4v) is 2.14. The Morgan fingerprint density at radius 2 is 2.21 bits per heavy atom. The van der Waals surface area contributed by atoms with Crippen molar-refractivity contribution in [2.24, 2.45) is 0 Å². The second kappa shape index (κ2) is 4.81. The third kappa shape index (κ3) is 2.48. The molecule has 0 unspecified atom stereocenters. The van der Waals surface area contributed by atoms with Gasteiger partial charge in [-0.25, -0.2) is 9.48 Å². The fraction of sp³-hybridized carbons (Fsp3) is 0.0909. The molecule has 0 atom stereocenters. The first-order valence-corrected chi connectivity index (χ1v) is 5.93. The number of nitro groups is 1. The number of carboxylic acid groups (broad SMARTS) is 1. The Labute approximate surface area is 115 Å². The number of rotatable bonds is 3. The minimum atomic E-state index is -1.12. The van der Waals surface area contributed by atoms with Gasteiger partial charge in [0.15, 0.2) is 5.69 Å². The molecule has 8 heteroatoms. The highest BCUT2D eigenvalue weighted by Crippen LogP contribution is 2.26. The molecule has 1 heterocycles. The number of non-ortho nitro benzene ring substituents is 1. The number of carbonyl (C=O) groups is 1. The van der Waals surface area contributed by atoms with E-state index in [1.54, 1.807) is 13.1 Å². The summed E-state index contributed by atoms with van der Waals surface area (Å²) in [6.07, 6.45) is 1.55. The molecule has 0 spiro atoms. The van der Waals surface area contributed by atoms with E-state index in [1.165, 1.54) is 22.9 Å². The molecule has 2 aromatic rings. The van der Waals surface area contributed by atoms with E-state index in [0.717, 1.165) is 0 Å². The van der Waals surface area contributed by atoms with Gasteiger partial charge in [0.05, 0.1) is 15.1 Å². The minimum Gasteiger partial charge on any atom is -0.476 e. The molecule has 0 amide bonds. The molecule has 1 aromatic carbocycles. The smallest absolute Gasteiger partial charge is 0.356 e. The molecular formula is C11H8BrN3O4. The van der Waals surface area contributed by atoms with Gasteiger partial charge in [0.25, 0.3) is 5.69 Å². The lowest BCUT2D eigenvalue weighted by atomic mass is 10.3. The van der Waals surface area contributed by atoms with Crippen LogP contribution in [0.25, 0.3) is 5.69 Å². The summed E-state index contributed by atoms with van der Waals surface area (Å²) in [4.78, 5) is 21.0. The van der Waals surface area contributed by atoms with Gasteiger partial charge >= 0.3 is 5.97 Å². The average molecular weight is 326 g/mol. The highest BCUT2D eigenvalue weighted by Gasteiger charge is 2.16. The first kappa shape index (κ1) is 13.2. The third-order valence-electron chi connectivity index (χ3n) is 2.49. The van der Waals surface area contributed by atoms with Gasteiger partial charge in [-0.15, -0.1) is 0 Å². The van der Waals surface area contributed by atoms with Gasteiger partial charge in [-0.2, -0.15) is 5.10 Å². The molecule has 19 heavy (non-hydrogen) atoms. The van der Waals surface area contributed by atoms with E-state index in [4.69, 9.17) is 5.11 Å². The number of carboxylic acids is 1. The molecule has 98 valence electrons. The summed E-state index contributed by atoms with van der Waals surface area (Å²) in [6, 6.07) is 4.17. The molecule has 0 radical (unpaired) electrons. The van der Waals surface area contributed by atoms with Gasteiger partial charge in [0.2, 0.25) is 0 Å². The number of aryl methyl sites for hydroxylation is 1. The van der Waals surface area contributed by atoms with Gasteiger partial charge in [-0.1, -0.05) is 0 Å². The lowest BCUT2D eigenvalue weighted by Crippen LogP contribution is -2.02. The van der Waals surface area contributed by atoms with Crippen molar-refractivity contribution in [2.75, 3.05) is 0 Å². The van der Waals surface area contributed by atoms with Crippen LogP contribution in [0.15, 0.2) is 28.9 Å². The van der Waals surface area contributed by atoms with Crippen LogP contribution in [0.4, 0.5) is 5.69 Å². The summed E-state index contributed by atoms with van der Waals surface area (Å²) >= 11 is 3.21. The van der Waals surface area contributed by atoms with E-state index < -0.39 is 10.9 Å². The quantitative estimate of drug-likeness (QED) is 0.690. The molecular weight excluding hydrogens is 318 g/mol. The summed E-state index contributed by atoms with van der Waals surface area (Å²) in [5.74, 6) is -1.12. The van der Waals surface area contributed by atoms with Crippen molar-refractivity contribution >= 4 is 27.6 Å². The first-order valence-electron chi connectivity index (χ1n) is 5.14. The van der Waals surface area contributed by atoms with Crippen LogP contribution in [0, 0.1) is 17.0 Å². The lowest BCUT2D eigenvalue weighted by molar-refractivity contribution is -0.384. The summed E-state index contributed by atoms with van der Waals surface area (Å²) in [5.41, 5.74) is 0.933. The standard InChI is InChI=1S/C11H8BrN3O4/c1-6-5-14(13-10(6)11(16)17)9-3-2-7(15(18)19)4-8(9)12/h2-5H,1H3,(H,16,17). The number of aromatic nitrogens is 2. The number of nitrogens with zero attached hydrogens (tertiary/aromatic N) is 3. The topological polar surface area (TPSA) is 98.3 Å². The normalized spacial score (nSPS) is 10.4. The number of benzene rings is 1. The molecule has 0 saturated carbocycles. The van der Waals surface area contributed by atoms with E-state index >= 15 is 0 Å². The van der Waals surface area contributed by atoms with Crippen LogP contribution in [0.1, 0.15) is 16.1 Å². The molecule has 7 nitrogen and oxygen atoms in total. The largest absolute Gasteiger partial charge is 0.476 e. The van der Waals surface area contributed by atoms with Crippen molar-refractivity contribution in [3.05, 3.63) is 50.2 Å². The molecule has 0 aliphatic rings. The molecule has 1 aromatic heterocycles. The maximum atomic E-state index is 10.9. The summed E-state index contributed by atoms with van der Waals surface area (Å²) < 4.78 is 1.83.